The van der Waals surface area contributed by atoms with E-state index in [9.17, 15) is 18.0 Å². The van der Waals surface area contributed by atoms with Crippen LogP contribution in [0, 0.1) is 0 Å². The van der Waals surface area contributed by atoms with Crippen LogP contribution in [-0.4, -0.2) is 33.3 Å². The molecule has 4 rings (SSSR count). The van der Waals surface area contributed by atoms with E-state index in [4.69, 9.17) is 20.0 Å². The average molecular weight is 483 g/mol. The molecule has 0 aliphatic heterocycles. The van der Waals surface area contributed by atoms with E-state index in [0.29, 0.717) is 11.3 Å². The number of furan rings is 1. The average Bonchev–Trinajstić information content (AvgIpc) is 3.38. The lowest BCUT2D eigenvalue weighted by molar-refractivity contribution is -0.198. The van der Waals surface area contributed by atoms with Gasteiger partial charge in [-0.2, -0.15) is 13.2 Å². The number of rotatable bonds is 8. The smallest absolute Gasteiger partial charge is 0.429 e. The van der Waals surface area contributed by atoms with Crippen molar-refractivity contribution in [2.24, 2.45) is 5.73 Å². The molecule has 2 atom stereocenters. The number of alkyl halides is 3. The third-order valence-electron chi connectivity index (χ3n) is 5.22. The first-order valence-electron chi connectivity index (χ1n) is 10.5. The number of carboxylic acid groups (broad SMARTS) is 1. The van der Waals surface area contributed by atoms with Crippen LogP contribution in [0.4, 0.5) is 13.2 Å². The number of aromatic nitrogens is 2. The van der Waals surface area contributed by atoms with E-state index in [2.05, 4.69) is 9.97 Å². The van der Waals surface area contributed by atoms with Crippen molar-refractivity contribution >= 4 is 5.97 Å². The molecule has 4 aromatic rings. The summed E-state index contributed by atoms with van der Waals surface area (Å²) in [6, 6.07) is 14.9. The summed E-state index contributed by atoms with van der Waals surface area (Å²) in [7, 11) is 0. The van der Waals surface area contributed by atoms with Crippen LogP contribution in [0.3, 0.4) is 0 Å². The molecule has 180 valence electrons. The zero-order valence-electron chi connectivity index (χ0n) is 18.1. The number of hydrogen-bond donors (Lipinski definition) is 2. The van der Waals surface area contributed by atoms with Crippen molar-refractivity contribution in [1.29, 1.82) is 0 Å². The summed E-state index contributed by atoms with van der Waals surface area (Å²) >= 11 is 0. The molecule has 3 N–H and O–H groups in total. The fourth-order valence-corrected chi connectivity index (χ4v) is 3.49. The van der Waals surface area contributed by atoms with E-state index in [1.165, 1.54) is 30.7 Å². The van der Waals surface area contributed by atoms with Crippen molar-refractivity contribution in [1.82, 2.24) is 9.97 Å². The third kappa shape index (κ3) is 5.67. The molecule has 0 aliphatic rings. The highest BCUT2D eigenvalue weighted by Gasteiger charge is 2.44. The molecule has 0 amide bonds. The minimum absolute atomic E-state index is 0.115. The zero-order chi connectivity index (χ0) is 25.0. The van der Waals surface area contributed by atoms with Gasteiger partial charge < -0.3 is 20.0 Å². The van der Waals surface area contributed by atoms with E-state index in [-0.39, 0.29) is 29.2 Å². The molecular weight excluding hydrogens is 463 g/mol. The Morgan fingerprint density at radius 3 is 2.37 bits per heavy atom. The van der Waals surface area contributed by atoms with Gasteiger partial charge in [-0.1, -0.05) is 48.5 Å². The number of nitrogens with zero attached hydrogens (tertiary/aromatic N) is 2. The monoisotopic (exact) mass is 483 g/mol. The summed E-state index contributed by atoms with van der Waals surface area (Å²) < 4.78 is 52.5. The first kappa shape index (κ1) is 24.0. The summed E-state index contributed by atoms with van der Waals surface area (Å²) in [5, 5.41) is 8.92. The van der Waals surface area contributed by atoms with Crippen LogP contribution in [0.15, 0.2) is 83.7 Å². The topological polar surface area (TPSA) is 111 Å². The highest BCUT2D eigenvalue weighted by Crippen LogP contribution is 2.40. The van der Waals surface area contributed by atoms with Crippen LogP contribution in [0.1, 0.15) is 17.2 Å². The van der Waals surface area contributed by atoms with Gasteiger partial charge in [-0.25, -0.2) is 9.97 Å². The Bertz CT molecular complexity index is 1270. The second-order valence-electron chi connectivity index (χ2n) is 7.69. The molecule has 2 heterocycles. The SMILES string of the molecule is NC(Cc1ccc(-c2cnc(OC(c3ccccc3-c3ccco3)C(F)(F)F)cn2)cc1)C(=O)O. The molecule has 2 aromatic carbocycles. The molecule has 0 aliphatic carbocycles. The Balaban J connectivity index is 1.55. The Hall–Kier alpha value is -4.18. The van der Waals surface area contributed by atoms with Crippen molar-refractivity contribution in [3.05, 3.63) is 90.4 Å². The number of carboxylic acids is 1. The summed E-state index contributed by atoms with van der Waals surface area (Å²) in [4.78, 5) is 19.1. The second-order valence-corrected chi connectivity index (χ2v) is 7.69. The molecule has 0 fully saturated rings. The minimum Gasteiger partial charge on any atom is -0.480 e. The molecular formula is C25H20F3N3O4. The van der Waals surface area contributed by atoms with Crippen LogP contribution in [-0.2, 0) is 11.2 Å². The molecule has 0 spiro atoms. The lowest BCUT2D eigenvalue weighted by atomic mass is 10.00. The number of aliphatic carboxylic acids is 1. The van der Waals surface area contributed by atoms with Crippen molar-refractivity contribution in [3.63, 3.8) is 0 Å². The minimum atomic E-state index is -4.73. The maximum atomic E-state index is 14.0. The van der Waals surface area contributed by atoms with Crippen LogP contribution in [0.25, 0.3) is 22.6 Å². The predicted octanol–water partition coefficient (Wildman–Crippen LogP) is 5.04. The Morgan fingerprint density at radius 2 is 1.77 bits per heavy atom. The van der Waals surface area contributed by atoms with Gasteiger partial charge in [-0.05, 0) is 24.1 Å². The molecule has 2 aromatic heterocycles. The number of benzene rings is 2. The number of carbonyl (C=O) groups is 1. The van der Waals surface area contributed by atoms with Gasteiger partial charge in [-0.15, -0.1) is 0 Å². The van der Waals surface area contributed by atoms with E-state index in [1.807, 2.05) is 0 Å². The normalized spacial score (nSPS) is 13.3. The van der Waals surface area contributed by atoms with E-state index in [1.54, 1.807) is 42.5 Å². The lowest BCUT2D eigenvalue weighted by Gasteiger charge is -2.23. The zero-order valence-corrected chi connectivity index (χ0v) is 18.1. The fraction of sp³-hybridized carbons (Fsp3) is 0.160. The lowest BCUT2D eigenvalue weighted by Crippen LogP contribution is -2.32. The largest absolute Gasteiger partial charge is 0.480 e. The van der Waals surface area contributed by atoms with Crippen molar-refractivity contribution in [2.75, 3.05) is 0 Å². The van der Waals surface area contributed by atoms with Crippen LogP contribution < -0.4 is 10.5 Å². The number of nitrogens with two attached hydrogens (primary N) is 1. The van der Waals surface area contributed by atoms with Crippen LogP contribution in [0.5, 0.6) is 5.88 Å². The quantitative estimate of drug-likeness (QED) is 0.361. The first-order valence-corrected chi connectivity index (χ1v) is 10.5. The Kier molecular flexibility index (Phi) is 6.83. The molecule has 35 heavy (non-hydrogen) atoms. The van der Waals surface area contributed by atoms with Crippen molar-refractivity contribution < 1.29 is 32.2 Å². The van der Waals surface area contributed by atoms with Gasteiger partial charge in [-0.3, -0.25) is 4.79 Å². The molecule has 0 saturated heterocycles. The summed E-state index contributed by atoms with van der Waals surface area (Å²) in [6.45, 7) is 0. The third-order valence-corrected chi connectivity index (χ3v) is 5.22. The number of halogens is 3. The van der Waals surface area contributed by atoms with Crippen molar-refractivity contribution in [3.8, 4) is 28.5 Å². The number of ether oxygens (including phenoxy) is 1. The Labute approximate surface area is 198 Å². The van der Waals surface area contributed by atoms with Crippen molar-refractivity contribution in [2.45, 2.75) is 24.7 Å². The van der Waals surface area contributed by atoms with Gasteiger partial charge in [0, 0.05) is 16.7 Å². The molecule has 0 saturated carbocycles. The highest BCUT2D eigenvalue weighted by atomic mass is 19.4. The van der Waals surface area contributed by atoms with Gasteiger partial charge in [0.05, 0.1) is 24.4 Å². The molecule has 7 nitrogen and oxygen atoms in total. The van der Waals surface area contributed by atoms with E-state index in [0.717, 1.165) is 11.8 Å². The summed E-state index contributed by atoms with van der Waals surface area (Å²) in [5.41, 5.74) is 7.46. The van der Waals surface area contributed by atoms with E-state index >= 15 is 0 Å². The first-order chi connectivity index (χ1) is 16.7. The van der Waals surface area contributed by atoms with Gasteiger partial charge in [0.25, 0.3) is 0 Å². The van der Waals surface area contributed by atoms with E-state index < -0.39 is 24.3 Å². The summed E-state index contributed by atoms with van der Waals surface area (Å²) in [5.74, 6) is -1.11. The van der Waals surface area contributed by atoms with Gasteiger partial charge in [0.1, 0.15) is 11.8 Å². The van der Waals surface area contributed by atoms with Gasteiger partial charge in [0.2, 0.25) is 12.0 Å². The fourth-order valence-electron chi connectivity index (χ4n) is 3.49. The Morgan fingerprint density at radius 1 is 1.03 bits per heavy atom. The molecule has 2 unspecified atom stereocenters. The highest BCUT2D eigenvalue weighted by molar-refractivity contribution is 5.73. The maximum Gasteiger partial charge on any atom is 0.429 e. The van der Waals surface area contributed by atoms with Gasteiger partial charge >= 0.3 is 12.1 Å². The molecule has 0 bridgehead atoms. The van der Waals surface area contributed by atoms with Crippen LogP contribution in [0.2, 0.25) is 0 Å². The second kappa shape index (κ2) is 9.98. The molecule has 10 heteroatoms. The number of hydrogen-bond acceptors (Lipinski definition) is 6. The molecule has 0 radical (unpaired) electrons. The van der Waals surface area contributed by atoms with Crippen LogP contribution >= 0.6 is 0 Å². The standard InChI is InChI=1S/C25H20F3N3O4/c26-25(27,28)23(18-5-2-1-4-17(18)21-6-3-11-34-21)35-22-14-30-20(13-31-22)16-9-7-15(8-10-16)12-19(29)24(32)33/h1-11,13-14,19,23H,12,29H2,(H,32,33). The maximum absolute atomic E-state index is 14.0. The predicted molar refractivity (Wildman–Crippen MR) is 120 cm³/mol. The van der Waals surface area contributed by atoms with Gasteiger partial charge in [0.15, 0.2) is 0 Å². The summed E-state index contributed by atoms with van der Waals surface area (Å²) in [6.07, 6.45) is -3.05.